The normalized spacial score (nSPS) is 15.0. The summed E-state index contributed by atoms with van der Waals surface area (Å²) in [5.74, 6) is -2.47. The summed E-state index contributed by atoms with van der Waals surface area (Å²) in [4.78, 5) is 72.9. The minimum atomic E-state index is -5.03. The zero-order valence-corrected chi connectivity index (χ0v) is 66.8. The van der Waals surface area contributed by atoms with E-state index in [0.717, 1.165) is 154 Å². The van der Waals surface area contributed by atoms with Crippen molar-refractivity contribution < 1.29 is 80.2 Å². The predicted molar refractivity (Wildman–Crippen MR) is 435 cm³/mol. The number of carbonyl (C=O) groups is 4. The lowest BCUT2D eigenvalue weighted by atomic mass is 10.1. The van der Waals surface area contributed by atoms with Crippen molar-refractivity contribution in [1.82, 2.24) is 0 Å². The van der Waals surface area contributed by atoms with E-state index in [9.17, 15) is 43.2 Å². The lowest BCUT2D eigenvalue weighted by molar-refractivity contribution is -0.161. The summed E-state index contributed by atoms with van der Waals surface area (Å²) < 4.78 is 68.3. The van der Waals surface area contributed by atoms with Gasteiger partial charge >= 0.3 is 39.5 Å². The zero-order chi connectivity index (χ0) is 77.4. The number of allylic oxidation sites excluding steroid dienone is 33. The highest BCUT2D eigenvalue weighted by molar-refractivity contribution is 7.47. The van der Waals surface area contributed by atoms with Crippen molar-refractivity contribution in [2.75, 3.05) is 39.6 Å². The van der Waals surface area contributed by atoms with Gasteiger partial charge < -0.3 is 33.8 Å². The van der Waals surface area contributed by atoms with Crippen LogP contribution in [-0.4, -0.2) is 96.7 Å². The van der Waals surface area contributed by atoms with E-state index in [2.05, 4.69) is 198 Å². The van der Waals surface area contributed by atoms with Crippen molar-refractivity contribution in [2.45, 2.75) is 277 Å². The fourth-order valence-electron chi connectivity index (χ4n) is 9.39. The molecular weight excluding hydrogens is 1380 g/mol. The highest BCUT2D eigenvalue weighted by Crippen LogP contribution is 2.45. The van der Waals surface area contributed by atoms with Crippen LogP contribution in [0.4, 0.5) is 0 Å². The third kappa shape index (κ3) is 75.9. The average molecular weight is 1520 g/mol. The average Bonchev–Trinajstić information content (AvgIpc) is 0.909. The molecule has 0 aromatic rings. The Morgan fingerprint density at radius 1 is 0.283 bits per heavy atom. The van der Waals surface area contributed by atoms with Crippen molar-refractivity contribution in [3.8, 4) is 0 Å². The van der Waals surface area contributed by atoms with Gasteiger partial charge in [0.2, 0.25) is 0 Å². The molecule has 0 aliphatic rings. The van der Waals surface area contributed by atoms with Crippen LogP contribution in [0, 0.1) is 0 Å². The molecule has 0 aromatic carbocycles. The molecule has 0 rings (SSSR count). The Kier molecular flexibility index (Phi) is 72.2. The number of hydrogen-bond acceptors (Lipinski definition) is 15. The molecular formula is C87H136O17P2. The van der Waals surface area contributed by atoms with Crippen LogP contribution in [0.1, 0.15) is 259 Å². The summed E-state index contributed by atoms with van der Waals surface area (Å²) in [6.45, 7) is 4.23. The fourth-order valence-corrected chi connectivity index (χ4v) is 11.0. The Morgan fingerprint density at radius 3 is 0.887 bits per heavy atom. The van der Waals surface area contributed by atoms with Crippen molar-refractivity contribution in [2.24, 2.45) is 0 Å². The Hall–Kier alpha value is -6.36. The molecule has 0 spiro atoms. The number of aliphatic hydroxyl groups is 1. The molecule has 19 heteroatoms. The summed E-state index contributed by atoms with van der Waals surface area (Å²) >= 11 is 0. The van der Waals surface area contributed by atoms with Gasteiger partial charge in [-0.15, -0.1) is 0 Å². The standard InChI is InChI=1S/C87H136O17P2/c1-5-9-13-17-21-25-29-33-37-39-40-42-46-48-52-56-60-64-68-72-85(90)98-78-83(104-87(92)74-70-66-62-58-54-50-44-36-32-28-24-20-16-12-8-4)80-102-106(95,96)100-76-81(88)75-99-105(93,94)101-79-82(103-86(91)73-69-65-61-57-53-49-43-35-31-27-23-19-15-11-7-3)77-97-84(89)71-67-63-59-55-51-47-45-41-38-34-30-26-22-18-14-10-6-2/h9-10,12-14,16,21-28,33-38,40,42-45,47-48,52,54-55,58-59,66,70,81-83,88H,5-8,11,15,17-20,29-32,39,41,46,49-51,53,56-57,60-65,67-69,71-80H2,1-4H3,(H,93,94)(H,95,96)/b13-9-,14-10-,16-12-,25-21-,26-22-,27-23-,28-24-,37-33-,38-34-,42-40-,43-35-,44-36-,47-45-,52-48-,58-54-,59-55-,70-66-. The summed E-state index contributed by atoms with van der Waals surface area (Å²) in [6.07, 6.45) is 95.7. The highest BCUT2D eigenvalue weighted by atomic mass is 31.2. The second-order valence-electron chi connectivity index (χ2n) is 25.2. The van der Waals surface area contributed by atoms with Gasteiger partial charge in [-0.2, -0.15) is 0 Å². The van der Waals surface area contributed by atoms with Crippen LogP contribution in [0.3, 0.4) is 0 Å². The molecule has 5 atom stereocenters. The number of hydrogen-bond donors (Lipinski definition) is 3. The first kappa shape index (κ1) is 99.6. The molecule has 3 N–H and O–H groups in total. The molecule has 0 bridgehead atoms. The van der Waals surface area contributed by atoms with Crippen molar-refractivity contribution in [1.29, 1.82) is 0 Å². The van der Waals surface area contributed by atoms with E-state index in [1.807, 2.05) is 24.3 Å². The summed E-state index contributed by atoms with van der Waals surface area (Å²) in [5, 5.41) is 10.6. The van der Waals surface area contributed by atoms with Crippen molar-refractivity contribution >= 4 is 39.5 Å². The van der Waals surface area contributed by atoms with Crippen LogP contribution in [0.25, 0.3) is 0 Å². The molecule has 596 valence electrons. The largest absolute Gasteiger partial charge is 0.472 e. The topological polar surface area (TPSA) is 237 Å². The fraction of sp³-hybridized carbons (Fsp3) is 0.563. The van der Waals surface area contributed by atoms with Gasteiger partial charge in [0.1, 0.15) is 19.3 Å². The number of carbonyl (C=O) groups excluding carboxylic acids is 4. The van der Waals surface area contributed by atoms with Gasteiger partial charge in [0.25, 0.3) is 0 Å². The van der Waals surface area contributed by atoms with E-state index in [0.29, 0.717) is 32.1 Å². The number of esters is 4. The molecule has 0 amide bonds. The summed E-state index contributed by atoms with van der Waals surface area (Å²) in [5.41, 5.74) is 0. The summed E-state index contributed by atoms with van der Waals surface area (Å²) in [7, 11) is -10.0. The van der Waals surface area contributed by atoms with Crippen LogP contribution in [0.15, 0.2) is 207 Å². The lowest BCUT2D eigenvalue weighted by Crippen LogP contribution is -2.30. The molecule has 17 nitrogen and oxygen atoms in total. The van der Waals surface area contributed by atoms with Gasteiger partial charge in [0, 0.05) is 19.3 Å². The quantitative estimate of drug-likeness (QED) is 0.0169. The molecule has 0 aliphatic carbocycles. The van der Waals surface area contributed by atoms with Gasteiger partial charge in [0.05, 0.1) is 32.8 Å². The zero-order valence-electron chi connectivity index (χ0n) is 65.0. The molecule has 0 saturated carbocycles. The number of phosphoric ester groups is 2. The first-order valence-corrected chi connectivity index (χ1v) is 42.3. The van der Waals surface area contributed by atoms with E-state index in [1.165, 1.54) is 19.3 Å². The Morgan fingerprint density at radius 2 is 0.538 bits per heavy atom. The number of unbranched alkanes of at least 4 members (excludes halogenated alkanes) is 12. The first-order chi connectivity index (χ1) is 51.7. The minimum absolute atomic E-state index is 0.0550. The maximum Gasteiger partial charge on any atom is 0.472 e. The maximum absolute atomic E-state index is 13.1. The molecule has 0 radical (unpaired) electrons. The van der Waals surface area contributed by atoms with Gasteiger partial charge in [-0.05, 0) is 167 Å². The Balaban J connectivity index is 5.55. The first-order valence-electron chi connectivity index (χ1n) is 39.3. The molecule has 0 saturated heterocycles. The smallest absolute Gasteiger partial charge is 0.462 e. The summed E-state index contributed by atoms with van der Waals surface area (Å²) in [6, 6.07) is 0. The highest BCUT2D eigenvalue weighted by Gasteiger charge is 2.30. The van der Waals surface area contributed by atoms with Crippen molar-refractivity contribution in [3.63, 3.8) is 0 Å². The van der Waals surface area contributed by atoms with Crippen molar-refractivity contribution in [3.05, 3.63) is 207 Å². The van der Waals surface area contributed by atoms with Gasteiger partial charge in [0.15, 0.2) is 12.2 Å². The van der Waals surface area contributed by atoms with Gasteiger partial charge in [-0.25, -0.2) is 9.13 Å². The van der Waals surface area contributed by atoms with Gasteiger partial charge in [-0.3, -0.25) is 37.3 Å². The van der Waals surface area contributed by atoms with E-state index in [1.54, 1.807) is 12.2 Å². The second kappa shape index (κ2) is 76.8. The van der Waals surface area contributed by atoms with E-state index in [-0.39, 0.29) is 25.7 Å². The SMILES string of the molecule is CC/C=C\C/C=C\C/C=C\C/C=C\C/C=C\CCCCCC(=O)OCC(COP(=O)(O)OCC(O)COP(=O)(O)OCC(COC(=O)CCC/C=C\C/C=C\C/C=C\C/C=C\C/C=C\CC)OC(=O)CCCCCCC/C=C\C/C=C\CCCCC)OC(=O)C/C=C\C/C=C\C/C=C\C/C=C\C/C=C\CC. The predicted octanol–water partition coefficient (Wildman–Crippen LogP) is 23.1. The molecule has 0 heterocycles. The van der Waals surface area contributed by atoms with Crippen LogP contribution < -0.4 is 0 Å². The third-order valence-electron chi connectivity index (χ3n) is 15.3. The number of rotatable bonds is 71. The molecule has 0 fully saturated rings. The maximum atomic E-state index is 13.1. The molecule has 0 aromatic heterocycles. The van der Waals surface area contributed by atoms with Crippen LogP contribution in [0.2, 0.25) is 0 Å². The minimum Gasteiger partial charge on any atom is -0.462 e. The lowest BCUT2D eigenvalue weighted by Gasteiger charge is -2.21. The second-order valence-corrected chi connectivity index (χ2v) is 28.1. The monoisotopic (exact) mass is 1510 g/mol. The van der Waals surface area contributed by atoms with E-state index in [4.69, 9.17) is 37.0 Å². The van der Waals surface area contributed by atoms with Crippen LogP contribution in [-0.2, 0) is 65.4 Å². The van der Waals surface area contributed by atoms with E-state index >= 15 is 0 Å². The van der Waals surface area contributed by atoms with Gasteiger partial charge in [-0.1, -0.05) is 273 Å². The molecule has 106 heavy (non-hydrogen) atoms. The number of aliphatic hydroxyl groups excluding tert-OH is 1. The number of ether oxygens (including phenoxy) is 4. The van der Waals surface area contributed by atoms with Crippen LogP contribution >= 0.6 is 15.6 Å². The molecule has 0 aliphatic heterocycles. The third-order valence-corrected chi connectivity index (χ3v) is 17.2. The van der Waals surface area contributed by atoms with Crippen LogP contribution in [0.5, 0.6) is 0 Å². The Bertz CT molecular complexity index is 2830. The number of phosphoric acid groups is 2. The van der Waals surface area contributed by atoms with E-state index < -0.39 is 97.5 Å². The Labute approximate surface area is 639 Å². The molecule has 5 unspecified atom stereocenters.